The largest absolute Gasteiger partial charge is 0.389 e. The van der Waals surface area contributed by atoms with Crippen LogP contribution in [0.15, 0.2) is 42.5 Å². The third-order valence-corrected chi connectivity index (χ3v) is 7.46. The van der Waals surface area contributed by atoms with Crippen molar-refractivity contribution in [3.8, 4) is 0 Å². The second-order valence-corrected chi connectivity index (χ2v) is 12.5. The Morgan fingerprint density at radius 2 is 1.88 bits per heavy atom. The lowest BCUT2D eigenvalue weighted by atomic mass is 9.94. The summed E-state index contributed by atoms with van der Waals surface area (Å²) in [5.41, 5.74) is 1.13. The molecule has 1 aliphatic heterocycles. The van der Waals surface area contributed by atoms with Crippen molar-refractivity contribution in [3.63, 3.8) is 0 Å². The minimum atomic E-state index is -3.34. The third-order valence-electron chi connectivity index (χ3n) is 6.80. The second-order valence-electron chi connectivity index (χ2n) is 10.3. The highest BCUT2D eigenvalue weighted by molar-refractivity contribution is 7.90. The monoisotopic (exact) mass is 610 g/mol. The van der Waals surface area contributed by atoms with Crippen LogP contribution in [0.1, 0.15) is 49.5 Å². The number of pyridine rings is 1. The molecule has 2 heterocycles. The molecule has 228 valence electrons. The van der Waals surface area contributed by atoms with Crippen LogP contribution >= 0.6 is 12.4 Å². The van der Waals surface area contributed by atoms with Crippen molar-refractivity contribution in [1.29, 1.82) is 0 Å². The van der Waals surface area contributed by atoms with Crippen LogP contribution < -0.4 is 21.3 Å². The van der Waals surface area contributed by atoms with E-state index in [1.54, 1.807) is 11.0 Å². The van der Waals surface area contributed by atoms with E-state index in [1.165, 1.54) is 6.07 Å². The van der Waals surface area contributed by atoms with Gasteiger partial charge in [-0.1, -0.05) is 44.2 Å². The van der Waals surface area contributed by atoms with E-state index in [4.69, 9.17) is 0 Å². The summed E-state index contributed by atoms with van der Waals surface area (Å²) < 4.78 is 23.4. The van der Waals surface area contributed by atoms with Crippen LogP contribution in [0.2, 0.25) is 0 Å². The van der Waals surface area contributed by atoms with E-state index < -0.39 is 33.9 Å². The zero-order chi connectivity index (χ0) is 29.3. The van der Waals surface area contributed by atoms with Gasteiger partial charge >= 0.3 is 0 Å². The minimum Gasteiger partial charge on any atom is -0.389 e. The molecule has 4 atom stereocenters. The summed E-state index contributed by atoms with van der Waals surface area (Å²) in [7, 11) is -3.34. The zero-order valence-corrected chi connectivity index (χ0v) is 25.7. The number of benzene rings is 1. The molecule has 0 aliphatic carbocycles. The normalized spacial score (nSPS) is 17.6. The smallest absolute Gasteiger partial charge is 0.251 e. The van der Waals surface area contributed by atoms with E-state index in [0.717, 1.165) is 24.7 Å². The molecule has 1 aromatic carbocycles. The number of anilines is 2. The molecule has 1 fully saturated rings. The summed E-state index contributed by atoms with van der Waals surface area (Å²) in [5.74, 6) is -0.372. The number of carbonyl (C=O) groups excluding carboxylic acids is 2. The molecule has 3 rings (SSSR count). The molecular formula is C28H43ClN6O5S. The van der Waals surface area contributed by atoms with Crippen LogP contribution in [0.4, 0.5) is 11.6 Å². The number of hydrogen-bond acceptors (Lipinski definition) is 9. The van der Waals surface area contributed by atoms with Crippen LogP contribution in [0, 0.1) is 0 Å². The molecule has 5 N–H and O–H groups in total. The van der Waals surface area contributed by atoms with Gasteiger partial charge in [0.25, 0.3) is 5.91 Å². The highest BCUT2D eigenvalue weighted by Crippen LogP contribution is 2.19. The Labute approximate surface area is 249 Å². The van der Waals surface area contributed by atoms with Crippen molar-refractivity contribution in [2.45, 2.75) is 64.3 Å². The minimum absolute atomic E-state index is 0. The van der Waals surface area contributed by atoms with E-state index in [-0.39, 0.29) is 41.6 Å². The highest BCUT2D eigenvalue weighted by Gasteiger charge is 2.38. The molecule has 1 aliphatic rings. The van der Waals surface area contributed by atoms with Crippen molar-refractivity contribution in [1.82, 2.24) is 20.5 Å². The third kappa shape index (κ3) is 10.4. The van der Waals surface area contributed by atoms with E-state index in [0.29, 0.717) is 31.9 Å². The van der Waals surface area contributed by atoms with Crippen molar-refractivity contribution < 1.29 is 23.1 Å². The number of piperazine rings is 1. The molecule has 13 heteroatoms. The van der Waals surface area contributed by atoms with Gasteiger partial charge in [0.1, 0.15) is 23.6 Å². The van der Waals surface area contributed by atoms with E-state index in [9.17, 15) is 23.1 Å². The first-order chi connectivity index (χ1) is 19.0. The van der Waals surface area contributed by atoms with Gasteiger partial charge in [0.15, 0.2) is 9.84 Å². The Morgan fingerprint density at radius 3 is 2.51 bits per heavy atom. The van der Waals surface area contributed by atoms with Gasteiger partial charge in [-0.05, 0) is 43.9 Å². The highest BCUT2D eigenvalue weighted by atomic mass is 35.5. The summed E-state index contributed by atoms with van der Waals surface area (Å²) in [6.07, 6.45) is 1.83. The number of amides is 2. The number of aliphatic hydroxyl groups excluding tert-OH is 1. The molecule has 2 amide bonds. The zero-order valence-electron chi connectivity index (χ0n) is 24.1. The van der Waals surface area contributed by atoms with Crippen molar-refractivity contribution in [2.75, 3.05) is 42.4 Å². The van der Waals surface area contributed by atoms with Gasteiger partial charge in [0, 0.05) is 37.5 Å². The van der Waals surface area contributed by atoms with Gasteiger partial charge in [-0.25, -0.2) is 13.4 Å². The van der Waals surface area contributed by atoms with Crippen molar-refractivity contribution in [2.24, 2.45) is 0 Å². The van der Waals surface area contributed by atoms with E-state index >= 15 is 0 Å². The van der Waals surface area contributed by atoms with Gasteiger partial charge in [-0.2, -0.15) is 0 Å². The fraction of sp³-hybridized carbons (Fsp3) is 0.536. The first-order valence-electron chi connectivity index (χ1n) is 13.8. The first-order valence-corrected chi connectivity index (χ1v) is 15.8. The summed E-state index contributed by atoms with van der Waals surface area (Å²) in [6, 6.07) is 10.9. The van der Waals surface area contributed by atoms with E-state index in [1.807, 2.05) is 51.1 Å². The number of halogens is 1. The maximum atomic E-state index is 13.6. The quantitative estimate of drug-likeness (QED) is 0.216. The average molecular weight is 611 g/mol. The maximum Gasteiger partial charge on any atom is 0.251 e. The lowest BCUT2D eigenvalue weighted by Gasteiger charge is -2.38. The van der Waals surface area contributed by atoms with Crippen LogP contribution in [-0.4, -0.2) is 91.2 Å². The number of aliphatic hydroxyl groups is 1. The Kier molecular flexibility index (Phi) is 13.3. The van der Waals surface area contributed by atoms with Crippen molar-refractivity contribution >= 4 is 45.7 Å². The molecular weight excluding hydrogens is 568 g/mol. The molecule has 2 unspecified atom stereocenters. The number of sulfone groups is 1. The number of aromatic nitrogens is 1. The number of nitrogens with zero attached hydrogens (tertiary/aromatic N) is 2. The molecule has 11 nitrogen and oxygen atoms in total. The lowest BCUT2D eigenvalue weighted by Crippen LogP contribution is -2.64. The SMILES string of the molecule is CCCN1CCNC([C@@H](O)[C@H](Cc2ccccc2)NC(=O)c2cc(NCS(C)(=O)=O)nc(NC(C)CC)c2)C1=O.Cl. The number of carbonyl (C=O) groups is 2. The molecule has 0 spiro atoms. The fourth-order valence-electron chi connectivity index (χ4n) is 4.50. The number of rotatable bonds is 14. The Balaban J connectivity index is 0.00000588. The van der Waals surface area contributed by atoms with E-state index in [2.05, 4.69) is 26.3 Å². The summed E-state index contributed by atoms with van der Waals surface area (Å²) in [5, 5.41) is 23.5. The predicted molar refractivity (Wildman–Crippen MR) is 164 cm³/mol. The van der Waals surface area contributed by atoms with Gasteiger partial charge in [-0.15, -0.1) is 12.4 Å². The number of nitrogens with one attached hydrogen (secondary N) is 4. The van der Waals surface area contributed by atoms with Gasteiger partial charge in [0.2, 0.25) is 5.91 Å². The maximum absolute atomic E-state index is 13.6. The molecule has 0 radical (unpaired) electrons. The summed E-state index contributed by atoms with van der Waals surface area (Å²) in [4.78, 5) is 32.9. The number of hydrogen-bond donors (Lipinski definition) is 5. The first kappa shape index (κ1) is 34.3. The second kappa shape index (κ2) is 15.9. The Bertz CT molecular complexity index is 1250. The molecule has 0 bridgehead atoms. The molecule has 41 heavy (non-hydrogen) atoms. The van der Waals surface area contributed by atoms with Crippen LogP contribution in [0.25, 0.3) is 0 Å². The van der Waals surface area contributed by atoms with Gasteiger partial charge in [0.05, 0.1) is 12.1 Å². The standard InChI is InChI=1S/C28H42N6O5S.ClH/c1-5-13-34-14-12-29-25(28(34)37)26(35)22(15-20-10-8-7-9-11-20)32-27(36)21-16-23(30-18-40(4,38)39)33-24(17-21)31-19(3)6-2;/h7-11,16-17,19,22,25-26,29,35H,5-6,12-15,18H2,1-4H3,(H,32,36)(H2,30,31,33);1H/t19?,22-,25?,26-;/m0./s1. The average Bonchev–Trinajstić information content (AvgIpc) is 2.92. The molecule has 2 aromatic rings. The summed E-state index contributed by atoms with van der Waals surface area (Å²) in [6.45, 7) is 7.69. The summed E-state index contributed by atoms with van der Waals surface area (Å²) >= 11 is 0. The Hall–Kier alpha value is -2.93. The van der Waals surface area contributed by atoms with Crippen molar-refractivity contribution in [3.05, 3.63) is 53.6 Å². The molecule has 0 saturated carbocycles. The van der Waals surface area contributed by atoms with Crippen LogP contribution in [0.3, 0.4) is 0 Å². The fourth-order valence-corrected chi connectivity index (χ4v) is 4.91. The topological polar surface area (TPSA) is 153 Å². The van der Waals surface area contributed by atoms with Gasteiger partial charge < -0.3 is 31.3 Å². The van der Waals surface area contributed by atoms with Crippen LogP contribution in [0.5, 0.6) is 0 Å². The lowest BCUT2D eigenvalue weighted by molar-refractivity contribution is -0.139. The van der Waals surface area contributed by atoms with Gasteiger partial charge in [-0.3, -0.25) is 9.59 Å². The molecule has 1 saturated heterocycles. The predicted octanol–water partition coefficient (Wildman–Crippen LogP) is 2.04. The van der Waals surface area contributed by atoms with Crippen LogP contribution in [-0.2, 0) is 21.1 Å². The molecule has 1 aromatic heterocycles. The Morgan fingerprint density at radius 1 is 1.20 bits per heavy atom.